The van der Waals surface area contributed by atoms with Gasteiger partial charge < -0.3 is 15.4 Å². The van der Waals surface area contributed by atoms with Crippen LogP contribution in [0.4, 0.5) is 23.5 Å². The minimum atomic E-state index is -3.09. The van der Waals surface area contributed by atoms with Crippen LogP contribution in [0.15, 0.2) is 24.3 Å². The number of hydrogen-bond donors (Lipinski definition) is 1. The Kier molecular flexibility index (Phi) is 3.80. The van der Waals surface area contributed by atoms with Crippen LogP contribution in [0.2, 0.25) is 0 Å². The Hall–Kier alpha value is -2.26. The fourth-order valence-electron chi connectivity index (χ4n) is 4.08. The molecule has 0 unspecified atom stereocenters. The molecule has 29 heavy (non-hydrogen) atoms. The van der Waals surface area contributed by atoms with Gasteiger partial charge in [-0.05, 0) is 18.9 Å². The van der Waals surface area contributed by atoms with E-state index >= 15 is 0 Å². The molecule has 3 aliphatic rings. The molecule has 0 bridgehead atoms. The van der Waals surface area contributed by atoms with Gasteiger partial charge in [-0.1, -0.05) is 24.3 Å². The SMILES string of the molecule is C[C@@H]1N(c2nc(-c3ccc(C4(N)COC4)cc3)c3c(n2)C(F)(F)CC3)CC1(F)F. The molecule has 0 saturated carbocycles. The summed E-state index contributed by atoms with van der Waals surface area (Å²) in [7, 11) is 0. The highest BCUT2D eigenvalue weighted by molar-refractivity contribution is 5.68. The number of alkyl halides is 4. The highest BCUT2D eigenvalue weighted by atomic mass is 19.3. The third kappa shape index (κ3) is 2.74. The zero-order valence-electron chi connectivity index (χ0n) is 15.8. The van der Waals surface area contributed by atoms with E-state index in [0.717, 1.165) is 5.56 Å². The molecular formula is C20H20F4N4O. The third-order valence-corrected chi connectivity index (χ3v) is 6.20. The summed E-state index contributed by atoms with van der Waals surface area (Å²) in [5.74, 6) is -6.05. The molecule has 2 saturated heterocycles. The molecule has 9 heteroatoms. The molecule has 1 atom stereocenters. The van der Waals surface area contributed by atoms with Gasteiger partial charge in [-0.3, -0.25) is 0 Å². The Balaban J connectivity index is 1.57. The molecule has 3 heterocycles. The zero-order chi connectivity index (χ0) is 20.6. The van der Waals surface area contributed by atoms with Gasteiger partial charge in [-0.2, -0.15) is 8.78 Å². The predicted molar refractivity (Wildman–Crippen MR) is 98.1 cm³/mol. The number of ether oxygens (including phenoxy) is 1. The number of hydrogen-bond acceptors (Lipinski definition) is 5. The van der Waals surface area contributed by atoms with Gasteiger partial charge in [0.1, 0.15) is 5.69 Å². The van der Waals surface area contributed by atoms with Crippen LogP contribution < -0.4 is 10.6 Å². The maximum Gasteiger partial charge on any atom is 0.290 e. The fourth-order valence-corrected chi connectivity index (χ4v) is 4.08. The zero-order valence-corrected chi connectivity index (χ0v) is 15.8. The number of benzene rings is 1. The fraction of sp³-hybridized carbons (Fsp3) is 0.500. The van der Waals surface area contributed by atoms with Gasteiger partial charge in [-0.15, -0.1) is 0 Å². The van der Waals surface area contributed by atoms with Crippen molar-refractivity contribution in [2.24, 2.45) is 5.73 Å². The molecule has 154 valence electrons. The van der Waals surface area contributed by atoms with Crippen molar-refractivity contribution < 1.29 is 22.3 Å². The van der Waals surface area contributed by atoms with E-state index in [1.54, 1.807) is 12.1 Å². The van der Waals surface area contributed by atoms with Crippen molar-refractivity contribution >= 4 is 5.95 Å². The van der Waals surface area contributed by atoms with E-state index < -0.39 is 30.0 Å². The van der Waals surface area contributed by atoms with Crippen LogP contribution in [0.1, 0.15) is 30.2 Å². The smallest absolute Gasteiger partial charge is 0.290 e. The molecule has 1 aromatic heterocycles. The first-order chi connectivity index (χ1) is 13.6. The standard InChI is InChI=1S/C20H20F4N4O/c1-11-20(23,24)8-28(11)17-26-15(14-6-7-19(21,22)16(14)27-17)12-2-4-13(5-3-12)18(25)9-29-10-18/h2-5,11H,6-10,25H2,1H3/t11-/m0/s1. The van der Waals surface area contributed by atoms with Crippen LogP contribution >= 0.6 is 0 Å². The second-order valence-electron chi connectivity index (χ2n) is 8.20. The van der Waals surface area contributed by atoms with Crippen LogP contribution in [-0.4, -0.2) is 41.7 Å². The molecule has 5 nitrogen and oxygen atoms in total. The number of halogens is 4. The molecule has 1 aliphatic carbocycles. The van der Waals surface area contributed by atoms with Gasteiger partial charge in [0.2, 0.25) is 5.95 Å². The molecule has 0 amide bonds. The van der Waals surface area contributed by atoms with E-state index in [-0.39, 0.29) is 24.5 Å². The summed E-state index contributed by atoms with van der Waals surface area (Å²) < 4.78 is 61.3. The average Bonchev–Trinajstić information content (AvgIpc) is 2.98. The molecular weight excluding hydrogens is 388 g/mol. The highest BCUT2D eigenvalue weighted by Crippen LogP contribution is 2.46. The Morgan fingerprint density at radius 1 is 1.10 bits per heavy atom. The number of anilines is 1. The van der Waals surface area contributed by atoms with Crippen LogP contribution in [0.25, 0.3) is 11.3 Å². The van der Waals surface area contributed by atoms with E-state index in [0.29, 0.717) is 30.0 Å². The summed E-state index contributed by atoms with van der Waals surface area (Å²) in [4.78, 5) is 9.71. The number of aromatic nitrogens is 2. The maximum absolute atomic E-state index is 14.4. The van der Waals surface area contributed by atoms with Gasteiger partial charge in [0.05, 0.1) is 37.0 Å². The first-order valence-electron chi connectivity index (χ1n) is 9.52. The van der Waals surface area contributed by atoms with Crippen molar-refractivity contribution in [1.82, 2.24) is 9.97 Å². The van der Waals surface area contributed by atoms with Gasteiger partial charge in [0.15, 0.2) is 0 Å². The second kappa shape index (κ2) is 5.89. The van der Waals surface area contributed by atoms with Crippen molar-refractivity contribution in [2.45, 2.75) is 43.2 Å². The van der Waals surface area contributed by atoms with Crippen molar-refractivity contribution in [1.29, 1.82) is 0 Å². The molecule has 1 aromatic carbocycles. The lowest BCUT2D eigenvalue weighted by Gasteiger charge is -2.45. The molecule has 2 aliphatic heterocycles. The van der Waals surface area contributed by atoms with Crippen LogP contribution in [0.5, 0.6) is 0 Å². The van der Waals surface area contributed by atoms with E-state index in [9.17, 15) is 17.6 Å². The van der Waals surface area contributed by atoms with E-state index in [2.05, 4.69) is 9.97 Å². The highest BCUT2D eigenvalue weighted by Gasteiger charge is 2.54. The minimum Gasteiger partial charge on any atom is -0.377 e. The third-order valence-electron chi connectivity index (χ3n) is 6.20. The van der Waals surface area contributed by atoms with Gasteiger partial charge in [0, 0.05) is 17.5 Å². The molecule has 2 fully saturated rings. The normalized spacial score (nSPS) is 25.9. The minimum absolute atomic E-state index is 0.0782. The van der Waals surface area contributed by atoms with Crippen LogP contribution in [0, 0.1) is 0 Å². The first kappa shape index (κ1) is 18.7. The van der Waals surface area contributed by atoms with E-state index in [1.165, 1.54) is 11.8 Å². The van der Waals surface area contributed by atoms with Crippen molar-refractivity contribution in [3.8, 4) is 11.3 Å². The summed E-state index contributed by atoms with van der Waals surface area (Å²) in [6, 6.07) is 6.08. The Bertz CT molecular complexity index is 975. The first-order valence-corrected chi connectivity index (χ1v) is 9.52. The predicted octanol–water partition coefficient (Wildman–Crippen LogP) is 3.21. The number of rotatable bonds is 3. The summed E-state index contributed by atoms with van der Waals surface area (Å²) in [5.41, 5.74) is 7.61. The van der Waals surface area contributed by atoms with Crippen molar-refractivity contribution in [3.63, 3.8) is 0 Å². The maximum atomic E-state index is 14.4. The molecule has 2 aromatic rings. The summed E-state index contributed by atoms with van der Waals surface area (Å²) in [6.45, 7) is 1.61. The Labute approximate surface area is 164 Å². The Morgan fingerprint density at radius 3 is 2.34 bits per heavy atom. The topological polar surface area (TPSA) is 64.3 Å². The van der Waals surface area contributed by atoms with Crippen molar-refractivity contribution in [3.05, 3.63) is 41.1 Å². The second-order valence-corrected chi connectivity index (χ2v) is 8.20. The number of fused-ring (bicyclic) bond motifs is 1. The molecule has 5 rings (SSSR count). The average molecular weight is 408 g/mol. The molecule has 2 N–H and O–H groups in total. The Morgan fingerprint density at radius 2 is 1.79 bits per heavy atom. The number of nitrogens with two attached hydrogens (primary N) is 1. The monoisotopic (exact) mass is 408 g/mol. The van der Waals surface area contributed by atoms with Gasteiger partial charge in [-0.25, -0.2) is 18.7 Å². The van der Waals surface area contributed by atoms with Crippen LogP contribution in [-0.2, 0) is 22.6 Å². The van der Waals surface area contributed by atoms with E-state index in [4.69, 9.17) is 10.5 Å². The van der Waals surface area contributed by atoms with Crippen LogP contribution in [0.3, 0.4) is 0 Å². The van der Waals surface area contributed by atoms with Crippen molar-refractivity contribution in [2.75, 3.05) is 24.7 Å². The lowest BCUT2D eigenvalue weighted by molar-refractivity contribution is -0.0650. The van der Waals surface area contributed by atoms with Gasteiger partial charge >= 0.3 is 0 Å². The quantitative estimate of drug-likeness (QED) is 0.791. The summed E-state index contributed by atoms with van der Waals surface area (Å²) in [5, 5.41) is 0. The molecule has 0 radical (unpaired) electrons. The number of nitrogens with zero attached hydrogens (tertiary/aromatic N) is 3. The lowest BCUT2D eigenvalue weighted by atomic mass is 9.88. The summed E-state index contributed by atoms with van der Waals surface area (Å²) in [6.07, 6.45) is -0.222. The summed E-state index contributed by atoms with van der Waals surface area (Å²) >= 11 is 0. The lowest BCUT2D eigenvalue weighted by Crippen LogP contribution is -2.64. The van der Waals surface area contributed by atoms with Gasteiger partial charge in [0.25, 0.3) is 11.8 Å². The largest absolute Gasteiger partial charge is 0.377 e. The molecule has 0 spiro atoms. The van der Waals surface area contributed by atoms with E-state index in [1.807, 2.05) is 12.1 Å².